The molecule has 0 spiro atoms. The summed E-state index contributed by atoms with van der Waals surface area (Å²) in [5.41, 5.74) is 2.58. The number of benzene rings is 2. The van der Waals surface area contributed by atoms with E-state index < -0.39 is 0 Å². The zero-order valence-corrected chi connectivity index (χ0v) is 10.2. The SMILES string of the molecule is CNc1cccc2c1sc1cccc(C)c12. The summed E-state index contributed by atoms with van der Waals surface area (Å²) in [5.74, 6) is 0. The van der Waals surface area contributed by atoms with Crippen LogP contribution in [0.4, 0.5) is 5.69 Å². The molecule has 3 rings (SSSR count). The van der Waals surface area contributed by atoms with Gasteiger partial charge >= 0.3 is 0 Å². The van der Waals surface area contributed by atoms with Gasteiger partial charge in [0.05, 0.1) is 10.4 Å². The van der Waals surface area contributed by atoms with Gasteiger partial charge in [-0.05, 0) is 24.6 Å². The van der Waals surface area contributed by atoms with Crippen molar-refractivity contribution in [3.63, 3.8) is 0 Å². The van der Waals surface area contributed by atoms with Crippen LogP contribution in [0.25, 0.3) is 20.2 Å². The Morgan fingerprint density at radius 2 is 1.88 bits per heavy atom. The zero-order valence-electron chi connectivity index (χ0n) is 9.37. The Morgan fingerprint density at radius 1 is 1.06 bits per heavy atom. The van der Waals surface area contributed by atoms with Gasteiger partial charge in [0.15, 0.2) is 0 Å². The molecule has 1 aromatic heterocycles. The molecular weight excluding hydrogens is 214 g/mol. The monoisotopic (exact) mass is 227 g/mol. The fourth-order valence-electron chi connectivity index (χ4n) is 2.22. The molecular formula is C14H13NS. The van der Waals surface area contributed by atoms with Crippen molar-refractivity contribution >= 4 is 37.2 Å². The highest BCUT2D eigenvalue weighted by Crippen LogP contribution is 2.39. The third-order valence-electron chi connectivity index (χ3n) is 3.00. The molecule has 0 unspecified atom stereocenters. The topological polar surface area (TPSA) is 12.0 Å². The number of anilines is 1. The first kappa shape index (κ1) is 9.67. The van der Waals surface area contributed by atoms with E-state index in [-0.39, 0.29) is 0 Å². The van der Waals surface area contributed by atoms with Crippen LogP contribution < -0.4 is 5.32 Å². The van der Waals surface area contributed by atoms with Crippen LogP contribution in [-0.2, 0) is 0 Å². The molecule has 1 N–H and O–H groups in total. The van der Waals surface area contributed by atoms with Crippen LogP contribution in [0.2, 0.25) is 0 Å². The summed E-state index contributed by atoms with van der Waals surface area (Å²) in [6.45, 7) is 2.18. The van der Waals surface area contributed by atoms with Gasteiger partial charge in [0.2, 0.25) is 0 Å². The number of aryl methyl sites for hydroxylation is 1. The summed E-state index contributed by atoms with van der Waals surface area (Å²) in [5, 5.41) is 6.03. The first-order valence-corrected chi connectivity index (χ1v) is 6.21. The maximum atomic E-state index is 3.26. The lowest BCUT2D eigenvalue weighted by atomic mass is 10.1. The van der Waals surface area contributed by atoms with E-state index in [4.69, 9.17) is 0 Å². The van der Waals surface area contributed by atoms with E-state index in [9.17, 15) is 0 Å². The lowest BCUT2D eigenvalue weighted by Gasteiger charge is -2.01. The van der Waals surface area contributed by atoms with Crippen molar-refractivity contribution < 1.29 is 0 Å². The number of nitrogens with one attached hydrogen (secondary N) is 1. The molecule has 16 heavy (non-hydrogen) atoms. The van der Waals surface area contributed by atoms with Gasteiger partial charge in [-0.2, -0.15) is 0 Å². The molecule has 3 aromatic rings. The van der Waals surface area contributed by atoms with Gasteiger partial charge in [0.25, 0.3) is 0 Å². The van der Waals surface area contributed by atoms with Gasteiger partial charge in [-0.3, -0.25) is 0 Å². The molecule has 80 valence electrons. The summed E-state index contributed by atoms with van der Waals surface area (Å²) < 4.78 is 2.73. The summed E-state index contributed by atoms with van der Waals surface area (Å²) in [6.07, 6.45) is 0. The van der Waals surface area contributed by atoms with Crippen LogP contribution in [0.5, 0.6) is 0 Å². The normalized spacial score (nSPS) is 11.1. The van der Waals surface area contributed by atoms with E-state index >= 15 is 0 Å². The van der Waals surface area contributed by atoms with Crippen molar-refractivity contribution in [1.82, 2.24) is 0 Å². The van der Waals surface area contributed by atoms with Crippen molar-refractivity contribution in [3.05, 3.63) is 42.0 Å². The highest BCUT2D eigenvalue weighted by Gasteiger charge is 2.08. The van der Waals surface area contributed by atoms with Gasteiger partial charge in [-0.1, -0.05) is 24.3 Å². The van der Waals surface area contributed by atoms with E-state index in [0.717, 1.165) is 0 Å². The van der Waals surface area contributed by atoms with Crippen LogP contribution in [0, 0.1) is 6.92 Å². The van der Waals surface area contributed by atoms with Gasteiger partial charge in [0, 0.05) is 22.5 Å². The second-order valence-electron chi connectivity index (χ2n) is 3.98. The summed E-state index contributed by atoms with van der Waals surface area (Å²) in [4.78, 5) is 0. The lowest BCUT2D eigenvalue weighted by molar-refractivity contribution is 1.55. The van der Waals surface area contributed by atoms with Crippen LogP contribution in [0.1, 0.15) is 5.56 Å². The minimum atomic E-state index is 1.22. The zero-order chi connectivity index (χ0) is 11.1. The van der Waals surface area contributed by atoms with Crippen molar-refractivity contribution in [2.24, 2.45) is 0 Å². The molecule has 0 aliphatic heterocycles. The van der Waals surface area contributed by atoms with Crippen LogP contribution in [0.3, 0.4) is 0 Å². The molecule has 0 fully saturated rings. The standard InChI is InChI=1S/C14H13NS/c1-9-5-3-8-12-13(9)10-6-4-7-11(15-2)14(10)16-12/h3-8,15H,1-2H3. The van der Waals surface area contributed by atoms with Gasteiger partial charge in [-0.25, -0.2) is 0 Å². The van der Waals surface area contributed by atoms with E-state index in [1.807, 2.05) is 18.4 Å². The summed E-state index contributed by atoms with van der Waals surface area (Å²) in [7, 11) is 1.98. The van der Waals surface area contributed by atoms with Crippen molar-refractivity contribution in [2.45, 2.75) is 6.92 Å². The molecule has 0 aliphatic rings. The molecule has 1 heterocycles. The number of hydrogen-bond acceptors (Lipinski definition) is 2. The van der Waals surface area contributed by atoms with Crippen LogP contribution in [0.15, 0.2) is 36.4 Å². The predicted octanol–water partition coefficient (Wildman–Crippen LogP) is 4.40. The maximum absolute atomic E-state index is 3.26. The Morgan fingerprint density at radius 3 is 2.69 bits per heavy atom. The predicted molar refractivity (Wildman–Crippen MR) is 73.6 cm³/mol. The van der Waals surface area contributed by atoms with E-state index in [0.29, 0.717) is 0 Å². The second-order valence-corrected chi connectivity index (χ2v) is 5.03. The van der Waals surface area contributed by atoms with Gasteiger partial charge < -0.3 is 5.32 Å². The quantitative estimate of drug-likeness (QED) is 0.649. The van der Waals surface area contributed by atoms with Gasteiger partial charge in [0.1, 0.15) is 0 Å². The summed E-state index contributed by atoms with van der Waals surface area (Å²) >= 11 is 1.86. The molecule has 0 amide bonds. The number of thiophene rings is 1. The van der Waals surface area contributed by atoms with E-state index in [2.05, 4.69) is 48.6 Å². The maximum Gasteiger partial charge on any atom is 0.0586 e. The second kappa shape index (κ2) is 3.49. The van der Waals surface area contributed by atoms with Crippen molar-refractivity contribution in [1.29, 1.82) is 0 Å². The van der Waals surface area contributed by atoms with Crippen molar-refractivity contribution in [2.75, 3.05) is 12.4 Å². The van der Waals surface area contributed by atoms with Gasteiger partial charge in [-0.15, -0.1) is 11.3 Å². The fourth-order valence-corrected chi connectivity index (χ4v) is 3.52. The Kier molecular flexibility index (Phi) is 2.11. The average Bonchev–Trinajstić information content (AvgIpc) is 2.68. The highest BCUT2D eigenvalue weighted by molar-refractivity contribution is 7.26. The third kappa shape index (κ3) is 1.23. The smallest absolute Gasteiger partial charge is 0.0586 e. The Hall–Kier alpha value is -1.54. The molecule has 0 atom stereocenters. The lowest BCUT2D eigenvalue weighted by Crippen LogP contribution is -1.86. The largest absolute Gasteiger partial charge is 0.387 e. The van der Waals surface area contributed by atoms with E-state index in [1.165, 1.54) is 31.4 Å². The Bertz CT molecular complexity index is 667. The molecule has 0 saturated carbocycles. The third-order valence-corrected chi connectivity index (χ3v) is 4.20. The summed E-state index contributed by atoms with van der Waals surface area (Å²) in [6, 6.07) is 13.0. The minimum Gasteiger partial charge on any atom is -0.387 e. The molecule has 1 nitrogen and oxygen atoms in total. The average molecular weight is 227 g/mol. The molecule has 2 heteroatoms. The molecule has 2 aromatic carbocycles. The van der Waals surface area contributed by atoms with Crippen LogP contribution in [-0.4, -0.2) is 7.05 Å². The minimum absolute atomic E-state index is 1.22. The fraction of sp³-hybridized carbons (Fsp3) is 0.143. The molecule has 0 bridgehead atoms. The Labute approximate surface area is 98.7 Å². The van der Waals surface area contributed by atoms with E-state index in [1.54, 1.807) is 0 Å². The van der Waals surface area contributed by atoms with Crippen molar-refractivity contribution in [3.8, 4) is 0 Å². The molecule has 0 saturated heterocycles. The highest BCUT2D eigenvalue weighted by atomic mass is 32.1. The molecule has 0 aliphatic carbocycles. The Balaban J connectivity index is 2.56. The first-order chi connectivity index (χ1) is 7.81. The van der Waals surface area contributed by atoms with Crippen LogP contribution >= 0.6 is 11.3 Å². The first-order valence-electron chi connectivity index (χ1n) is 5.40. The molecule has 0 radical (unpaired) electrons. The number of fused-ring (bicyclic) bond motifs is 3. The number of hydrogen-bond donors (Lipinski definition) is 1. The number of rotatable bonds is 1.